The molecule has 0 unspecified atom stereocenters. The summed E-state index contributed by atoms with van der Waals surface area (Å²) in [6, 6.07) is 12.5. The number of carbonyl (C=O) groups excluding carboxylic acids is 1. The molecule has 0 aliphatic carbocycles. The molecule has 162 valence electrons. The van der Waals surface area contributed by atoms with E-state index in [0.717, 1.165) is 27.7 Å². The van der Waals surface area contributed by atoms with Crippen LogP contribution in [-0.2, 0) is 4.74 Å². The lowest BCUT2D eigenvalue weighted by Crippen LogP contribution is -2.40. The monoisotopic (exact) mass is 426 g/mol. The zero-order chi connectivity index (χ0) is 22.1. The Balaban J connectivity index is 1.54. The van der Waals surface area contributed by atoms with Gasteiger partial charge < -0.3 is 14.6 Å². The quantitative estimate of drug-likeness (QED) is 0.504. The second-order valence-electron chi connectivity index (χ2n) is 8.43. The molecule has 0 radical (unpaired) electrons. The lowest BCUT2D eigenvalue weighted by atomic mass is 9.92. The highest BCUT2D eigenvalue weighted by atomic mass is 16.5. The Morgan fingerprint density at radius 2 is 1.81 bits per heavy atom. The number of fused-ring (bicyclic) bond motifs is 1. The Morgan fingerprint density at radius 1 is 1.03 bits per heavy atom. The molecule has 6 heteroatoms. The van der Waals surface area contributed by atoms with Crippen LogP contribution in [0.2, 0.25) is 0 Å². The first-order valence-electron chi connectivity index (χ1n) is 11.0. The first-order valence-corrected chi connectivity index (χ1v) is 11.0. The van der Waals surface area contributed by atoms with Crippen molar-refractivity contribution in [2.75, 3.05) is 26.3 Å². The Kier molecular flexibility index (Phi) is 5.45. The van der Waals surface area contributed by atoms with Gasteiger partial charge in [0, 0.05) is 60.0 Å². The summed E-state index contributed by atoms with van der Waals surface area (Å²) >= 11 is 0. The molecule has 1 N–H and O–H groups in total. The minimum absolute atomic E-state index is 0.00937. The van der Waals surface area contributed by atoms with E-state index in [4.69, 9.17) is 4.74 Å². The van der Waals surface area contributed by atoms with Crippen LogP contribution >= 0.6 is 0 Å². The number of aromatic nitrogens is 3. The fraction of sp³-hybridized carbons (Fsp3) is 0.269. The van der Waals surface area contributed by atoms with Crippen LogP contribution in [0, 0.1) is 0 Å². The van der Waals surface area contributed by atoms with E-state index in [1.165, 1.54) is 11.1 Å². The Labute approximate surface area is 187 Å². The molecular formula is C26H26N4O2. The van der Waals surface area contributed by atoms with E-state index in [2.05, 4.69) is 59.1 Å². The fourth-order valence-electron chi connectivity index (χ4n) is 4.29. The van der Waals surface area contributed by atoms with Crippen LogP contribution in [0.5, 0.6) is 0 Å². The van der Waals surface area contributed by atoms with Gasteiger partial charge in [0.15, 0.2) is 0 Å². The summed E-state index contributed by atoms with van der Waals surface area (Å²) in [6.45, 7) is 6.79. The second kappa shape index (κ2) is 8.55. The third-order valence-corrected chi connectivity index (χ3v) is 6.02. The maximum absolute atomic E-state index is 12.9. The molecule has 1 aliphatic heterocycles. The molecule has 1 saturated heterocycles. The number of amides is 1. The Morgan fingerprint density at radius 3 is 2.62 bits per heavy atom. The van der Waals surface area contributed by atoms with E-state index in [-0.39, 0.29) is 5.91 Å². The van der Waals surface area contributed by atoms with Gasteiger partial charge in [0.2, 0.25) is 0 Å². The van der Waals surface area contributed by atoms with Gasteiger partial charge in [-0.2, -0.15) is 0 Å². The molecule has 0 atom stereocenters. The van der Waals surface area contributed by atoms with E-state index in [9.17, 15) is 4.79 Å². The van der Waals surface area contributed by atoms with Crippen molar-refractivity contribution in [3.8, 4) is 22.3 Å². The van der Waals surface area contributed by atoms with Crippen molar-refractivity contribution < 1.29 is 9.53 Å². The highest BCUT2D eigenvalue weighted by Gasteiger charge is 2.20. The van der Waals surface area contributed by atoms with Crippen molar-refractivity contribution in [1.29, 1.82) is 0 Å². The maximum Gasteiger partial charge on any atom is 0.255 e. The molecule has 6 nitrogen and oxygen atoms in total. The van der Waals surface area contributed by atoms with Gasteiger partial charge in [-0.25, -0.2) is 4.98 Å². The number of ether oxygens (including phenoxy) is 1. The number of nitrogens with one attached hydrogen (secondary N) is 1. The van der Waals surface area contributed by atoms with Gasteiger partial charge >= 0.3 is 0 Å². The highest BCUT2D eigenvalue weighted by molar-refractivity contribution is 5.98. The zero-order valence-corrected chi connectivity index (χ0v) is 18.3. The van der Waals surface area contributed by atoms with Gasteiger partial charge in [-0.1, -0.05) is 38.1 Å². The molecule has 1 aromatic carbocycles. The van der Waals surface area contributed by atoms with E-state index < -0.39 is 0 Å². The van der Waals surface area contributed by atoms with Crippen molar-refractivity contribution in [2.24, 2.45) is 0 Å². The van der Waals surface area contributed by atoms with Gasteiger partial charge in [-0.05, 0) is 29.2 Å². The fourth-order valence-corrected chi connectivity index (χ4v) is 4.29. The first kappa shape index (κ1) is 20.4. The smallest absolute Gasteiger partial charge is 0.255 e. The molecule has 4 heterocycles. The van der Waals surface area contributed by atoms with Crippen molar-refractivity contribution in [3.63, 3.8) is 0 Å². The van der Waals surface area contributed by atoms with Crippen molar-refractivity contribution in [3.05, 3.63) is 72.3 Å². The summed E-state index contributed by atoms with van der Waals surface area (Å²) in [4.78, 5) is 27.0. The lowest BCUT2D eigenvalue weighted by Gasteiger charge is -2.26. The Bertz CT molecular complexity index is 1270. The van der Waals surface area contributed by atoms with Crippen molar-refractivity contribution in [1.82, 2.24) is 19.9 Å². The summed E-state index contributed by atoms with van der Waals surface area (Å²) in [5, 5.41) is 1.06. The molecule has 1 aliphatic rings. The van der Waals surface area contributed by atoms with Gasteiger partial charge in [0.25, 0.3) is 5.91 Å². The number of pyridine rings is 2. The van der Waals surface area contributed by atoms with E-state index >= 15 is 0 Å². The summed E-state index contributed by atoms with van der Waals surface area (Å²) in [7, 11) is 0. The molecule has 0 saturated carbocycles. The van der Waals surface area contributed by atoms with E-state index in [1.807, 2.05) is 23.4 Å². The molecule has 0 spiro atoms. The highest BCUT2D eigenvalue weighted by Crippen LogP contribution is 2.35. The zero-order valence-electron chi connectivity index (χ0n) is 18.3. The van der Waals surface area contributed by atoms with Gasteiger partial charge in [0.1, 0.15) is 5.65 Å². The van der Waals surface area contributed by atoms with Crippen LogP contribution in [0.3, 0.4) is 0 Å². The minimum Gasteiger partial charge on any atom is -0.378 e. The molecule has 4 aromatic rings. The normalized spacial score (nSPS) is 14.3. The number of nitrogens with zero attached hydrogens (tertiary/aromatic N) is 3. The number of carbonyl (C=O) groups is 1. The predicted octanol–water partition coefficient (Wildman–Crippen LogP) is 4.89. The largest absolute Gasteiger partial charge is 0.378 e. The summed E-state index contributed by atoms with van der Waals surface area (Å²) < 4.78 is 5.36. The number of morpholine rings is 1. The summed E-state index contributed by atoms with van der Waals surface area (Å²) in [5.41, 5.74) is 6.89. The number of H-pyrrole nitrogens is 1. The van der Waals surface area contributed by atoms with E-state index in [0.29, 0.717) is 37.8 Å². The Hall–Kier alpha value is -3.51. The van der Waals surface area contributed by atoms with Gasteiger partial charge in [-0.3, -0.25) is 9.78 Å². The maximum atomic E-state index is 12.9. The topological polar surface area (TPSA) is 71.1 Å². The number of aromatic amines is 1. The van der Waals surface area contributed by atoms with Crippen LogP contribution in [0.1, 0.15) is 35.7 Å². The van der Waals surface area contributed by atoms with Crippen molar-refractivity contribution in [2.45, 2.75) is 19.8 Å². The molecule has 32 heavy (non-hydrogen) atoms. The molecule has 5 rings (SSSR count). The minimum atomic E-state index is -0.00937. The molecule has 1 fully saturated rings. The second-order valence-corrected chi connectivity index (χ2v) is 8.43. The average Bonchev–Trinajstić information content (AvgIpc) is 3.27. The van der Waals surface area contributed by atoms with Crippen LogP contribution < -0.4 is 0 Å². The SMILES string of the molecule is CC(C)c1ccccc1-c1c[nH]c2ncc(-c3cncc(C(=O)N4CCOCC4)c3)cc12. The van der Waals surface area contributed by atoms with Gasteiger partial charge in [-0.15, -0.1) is 0 Å². The first-order chi connectivity index (χ1) is 15.6. The summed E-state index contributed by atoms with van der Waals surface area (Å²) in [5.74, 6) is 0.407. The third kappa shape index (κ3) is 3.78. The average molecular weight is 427 g/mol. The molecule has 1 amide bonds. The predicted molar refractivity (Wildman–Crippen MR) is 126 cm³/mol. The van der Waals surface area contributed by atoms with Crippen LogP contribution in [-0.4, -0.2) is 52.1 Å². The molecule has 3 aromatic heterocycles. The van der Waals surface area contributed by atoms with E-state index in [1.54, 1.807) is 12.4 Å². The van der Waals surface area contributed by atoms with Gasteiger partial charge in [0.05, 0.1) is 18.8 Å². The lowest BCUT2D eigenvalue weighted by molar-refractivity contribution is 0.0302. The number of benzene rings is 1. The van der Waals surface area contributed by atoms with Crippen LogP contribution in [0.25, 0.3) is 33.3 Å². The number of hydrogen-bond donors (Lipinski definition) is 1. The standard InChI is InChI=1S/C26H26N4O2/c1-17(2)21-5-3-4-6-22(21)24-16-29-25-23(24)12-19(15-28-25)18-11-20(14-27-13-18)26(31)30-7-9-32-10-8-30/h3-6,11-17H,7-10H2,1-2H3,(H,28,29). The third-order valence-electron chi connectivity index (χ3n) is 6.02. The van der Waals surface area contributed by atoms with Crippen molar-refractivity contribution >= 4 is 16.9 Å². The molecular weight excluding hydrogens is 400 g/mol. The van der Waals surface area contributed by atoms with Crippen LogP contribution in [0.15, 0.2) is 61.2 Å². The summed E-state index contributed by atoms with van der Waals surface area (Å²) in [6.07, 6.45) is 7.28. The number of hydrogen-bond acceptors (Lipinski definition) is 4. The molecule has 0 bridgehead atoms. The van der Waals surface area contributed by atoms with Crippen LogP contribution in [0.4, 0.5) is 0 Å². The number of rotatable bonds is 4.